The molecule has 0 aliphatic rings. The summed E-state index contributed by atoms with van der Waals surface area (Å²) >= 11 is 0. The molecule has 6 heteroatoms. The maximum absolute atomic E-state index is 12.6. The van der Waals surface area contributed by atoms with Crippen molar-refractivity contribution in [3.05, 3.63) is 65.2 Å². The number of alkyl halides is 3. The molecule has 0 fully saturated rings. The van der Waals surface area contributed by atoms with Gasteiger partial charge in [-0.05, 0) is 36.8 Å². The number of hydrogen-bond donors (Lipinski definition) is 1. The van der Waals surface area contributed by atoms with E-state index in [-0.39, 0.29) is 0 Å². The van der Waals surface area contributed by atoms with Crippen LogP contribution >= 0.6 is 0 Å². The number of ether oxygens (including phenoxy) is 1. The second kappa shape index (κ2) is 6.73. The molecule has 0 aliphatic heterocycles. The largest absolute Gasteiger partial charge is 0.467 e. The standard InChI is InChI=1S/C17H16F3NO2/c1-11-3-9-14(10-4-11)21-15(16(22)23-2)12-5-7-13(8-6-12)17(18,19)20/h3-10,15,21H,1-2H3. The van der Waals surface area contributed by atoms with Gasteiger partial charge in [0.05, 0.1) is 12.7 Å². The van der Waals surface area contributed by atoms with Gasteiger partial charge in [-0.15, -0.1) is 0 Å². The predicted octanol–water partition coefficient (Wildman–Crippen LogP) is 4.34. The molecular weight excluding hydrogens is 307 g/mol. The Kier molecular flexibility index (Phi) is 4.93. The Labute approximate surface area is 132 Å². The monoisotopic (exact) mass is 323 g/mol. The molecule has 0 bridgehead atoms. The van der Waals surface area contributed by atoms with E-state index in [0.717, 1.165) is 17.7 Å². The van der Waals surface area contributed by atoms with Crippen molar-refractivity contribution in [2.75, 3.05) is 12.4 Å². The van der Waals surface area contributed by atoms with Gasteiger partial charge in [-0.1, -0.05) is 29.8 Å². The summed E-state index contributed by atoms with van der Waals surface area (Å²) < 4.78 is 42.6. The molecule has 0 aromatic heterocycles. The molecule has 0 saturated carbocycles. The van der Waals surface area contributed by atoms with Crippen LogP contribution in [0.15, 0.2) is 48.5 Å². The van der Waals surface area contributed by atoms with Gasteiger partial charge in [-0.25, -0.2) is 4.79 Å². The lowest BCUT2D eigenvalue weighted by atomic mass is 10.0. The smallest absolute Gasteiger partial charge is 0.416 e. The van der Waals surface area contributed by atoms with Gasteiger partial charge in [0.1, 0.15) is 0 Å². The van der Waals surface area contributed by atoms with E-state index in [2.05, 4.69) is 5.32 Å². The van der Waals surface area contributed by atoms with Crippen LogP contribution in [0.4, 0.5) is 18.9 Å². The van der Waals surface area contributed by atoms with Crippen LogP contribution in [0.1, 0.15) is 22.7 Å². The first kappa shape index (κ1) is 16.9. The van der Waals surface area contributed by atoms with Gasteiger partial charge in [-0.2, -0.15) is 13.2 Å². The highest BCUT2D eigenvalue weighted by molar-refractivity contribution is 5.81. The number of methoxy groups -OCH3 is 1. The van der Waals surface area contributed by atoms with Gasteiger partial charge in [0.15, 0.2) is 6.04 Å². The van der Waals surface area contributed by atoms with E-state index in [1.54, 1.807) is 12.1 Å². The lowest BCUT2D eigenvalue weighted by molar-refractivity contribution is -0.141. The Bertz CT molecular complexity index is 664. The number of esters is 1. The molecule has 2 aromatic rings. The number of halogens is 3. The van der Waals surface area contributed by atoms with Crippen LogP contribution in [0.5, 0.6) is 0 Å². The van der Waals surface area contributed by atoms with Gasteiger partial charge in [0.25, 0.3) is 0 Å². The van der Waals surface area contributed by atoms with Crippen molar-refractivity contribution in [2.45, 2.75) is 19.1 Å². The summed E-state index contributed by atoms with van der Waals surface area (Å²) in [6.07, 6.45) is -4.41. The summed E-state index contributed by atoms with van der Waals surface area (Å²) in [5.41, 5.74) is 1.36. The number of carbonyl (C=O) groups excluding carboxylic acids is 1. The van der Waals surface area contributed by atoms with Gasteiger partial charge in [0.2, 0.25) is 0 Å². The van der Waals surface area contributed by atoms with Gasteiger partial charge in [0, 0.05) is 5.69 Å². The average molecular weight is 323 g/mol. The Morgan fingerprint density at radius 1 is 1.04 bits per heavy atom. The SMILES string of the molecule is COC(=O)C(Nc1ccc(C)cc1)c1ccc(C(F)(F)F)cc1. The maximum Gasteiger partial charge on any atom is 0.416 e. The van der Waals surface area contributed by atoms with Crippen molar-refractivity contribution in [2.24, 2.45) is 0 Å². The summed E-state index contributed by atoms with van der Waals surface area (Å²) in [4.78, 5) is 12.0. The molecular formula is C17H16F3NO2. The molecule has 0 spiro atoms. The number of carbonyl (C=O) groups is 1. The van der Waals surface area contributed by atoms with Crippen molar-refractivity contribution in [1.29, 1.82) is 0 Å². The van der Waals surface area contributed by atoms with Crippen molar-refractivity contribution in [3.8, 4) is 0 Å². The number of hydrogen-bond acceptors (Lipinski definition) is 3. The highest BCUT2D eigenvalue weighted by atomic mass is 19.4. The fourth-order valence-electron chi connectivity index (χ4n) is 2.08. The van der Waals surface area contributed by atoms with E-state index in [4.69, 9.17) is 4.74 Å². The average Bonchev–Trinajstić information content (AvgIpc) is 2.53. The number of benzene rings is 2. The molecule has 23 heavy (non-hydrogen) atoms. The third-order valence-corrected chi connectivity index (χ3v) is 3.37. The molecule has 1 N–H and O–H groups in total. The predicted molar refractivity (Wildman–Crippen MR) is 81.0 cm³/mol. The van der Waals surface area contributed by atoms with Crippen LogP contribution in [-0.2, 0) is 15.7 Å². The van der Waals surface area contributed by atoms with E-state index >= 15 is 0 Å². The van der Waals surface area contributed by atoms with Crippen LogP contribution in [0.3, 0.4) is 0 Å². The summed E-state index contributed by atoms with van der Waals surface area (Å²) in [6.45, 7) is 1.93. The molecule has 2 aromatic carbocycles. The van der Waals surface area contributed by atoms with Crippen molar-refractivity contribution in [3.63, 3.8) is 0 Å². The lowest BCUT2D eigenvalue weighted by Crippen LogP contribution is -2.22. The minimum atomic E-state index is -4.41. The first-order valence-corrected chi connectivity index (χ1v) is 6.89. The molecule has 0 radical (unpaired) electrons. The summed E-state index contributed by atoms with van der Waals surface area (Å²) in [5, 5.41) is 2.98. The molecule has 0 aliphatic carbocycles. The van der Waals surface area contributed by atoms with Crippen LogP contribution in [0.25, 0.3) is 0 Å². The molecule has 2 rings (SSSR count). The Morgan fingerprint density at radius 2 is 1.61 bits per heavy atom. The third-order valence-electron chi connectivity index (χ3n) is 3.37. The van der Waals surface area contributed by atoms with Crippen LogP contribution < -0.4 is 5.32 Å². The van der Waals surface area contributed by atoms with Gasteiger partial charge in [-0.3, -0.25) is 0 Å². The Hall–Kier alpha value is -2.50. The first-order valence-electron chi connectivity index (χ1n) is 6.89. The van der Waals surface area contributed by atoms with Crippen LogP contribution in [0, 0.1) is 6.92 Å². The highest BCUT2D eigenvalue weighted by Crippen LogP contribution is 2.30. The summed E-state index contributed by atoms with van der Waals surface area (Å²) in [6, 6.07) is 10.9. The number of anilines is 1. The zero-order chi connectivity index (χ0) is 17.0. The molecule has 1 unspecified atom stereocenters. The fourth-order valence-corrected chi connectivity index (χ4v) is 2.08. The second-order valence-corrected chi connectivity index (χ2v) is 5.09. The quantitative estimate of drug-likeness (QED) is 0.851. The number of aryl methyl sites for hydroxylation is 1. The lowest BCUT2D eigenvalue weighted by Gasteiger charge is -2.19. The van der Waals surface area contributed by atoms with E-state index in [1.165, 1.54) is 19.2 Å². The van der Waals surface area contributed by atoms with E-state index in [9.17, 15) is 18.0 Å². The number of rotatable bonds is 4. The first-order chi connectivity index (χ1) is 10.8. The minimum Gasteiger partial charge on any atom is -0.467 e. The molecule has 3 nitrogen and oxygen atoms in total. The van der Waals surface area contributed by atoms with Gasteiger partial charge >= 0.3 is 12.1 Å². The van der Waals surface area contributed by atoms with Crippen molar-refractivity contribution < 1.29 is 22.7 Å². The zero-order valence-corrected chi connectivity index (χ0v) is 12.6. The van der Waals surface area contributed by atoms with E-state index < -0.39 is 23.8 Å². The number of nitrogens with one attached hydrogen (secondary N) is 1. The molecule has 0 saturated heterocycles. The Morgan fingerprint density at radius 3 is 2.09 bits per heavy atom. The van der Waals surface area contributed by atoms with Crippen LogP contribution in [0.2, 0.25) is 0 Å². The second-order valence-electron chi connectivity index (χ2n) is 5.09. The zero-order valence-electron chi connectivity index (χ0n) is 12.6. The summed E-state index contributed by atoms with van der Waals surface area (Å²) in [5.74, 6) is -0.578. The maximum atomic E-state index is 12.6. The van der Waals surface area contributed by atoms with Crippen molar-refractivity contribution >= 4 is 11.7 Å². The van der Waals surface area contributed by atoms with E-state index in [0.29, 0.717) is 11.3 Å². The van der Waals surface area contributed by atoms with Gasteiger partial charge < -0.3 is 10.1 Å². The highest BCUT2D eigenvalue weighted by Gasteiger charge is 2.31. The molecule has 0 amide bonds. The Balaban J connectivity index is 2.28. The topological polar surface area (TPSA) is 38.3 Å². The minimum absolute atomic E-state index is 0.394. The summed E-state index contributed by atoms with van der Waals surface area (Å²) in [7, 11) is 1.23. The molecule has 1 atom stereocenters. The fraction of sp³-hybridized carbons (Fsp3) is 0.235. The van der Waals surface area contributed by atoms with Crippen molar-refractivity contribution in [1.82, 2.24) is 0 Å². The van der Waals surface area contributed by atoms with E-state index in [1.807, 2.05) is 19.1 Å². The third kappa shape index (κ3) is 4.25. The van der Waals surface area contributed by atoms with Crippen LogP contribution in [-0.4, -0.2) is 13.1 Å². The normalized spacial score (nSPS) is 12.6. The molecule has 122 valence electrons. The molecule has 0 heterocycles.